The Morgan fingerprint density at radius 2 is 1.72 bits per heavy atom. The Morgan fingerprint density at radius 1 is 1.06 bits per heavy atom. The van der Waals surface area contributed by atoms with E-state index in [1.807, 2.05) is 24.3 Å². The lowest BCUT2D eigenvalue weighted by atomic mass is 9.87. The van der Waals surface area contributed by atoms with Crippen molar-refractivity contribution < 1.29 is 14.3 Å². The van der Waals surface area contributed by atoms with Gasteiger partial charge in [0.1, 0.15) is 12.4 Å². The van der Waals surface area contributed by atoms with Crippen LogP contribution in [0, 0.1) is 0 Å². The van der Waals surface area contributed by atoms with Crippen molar-refractivity contribution in [1.29, 1.82) is 0 Å². The van der Waals surface area contributed by atoms with Crippen LogP contribution < -0.4 is 10.2 Å². The van der Waals surface area contributed by atoms with Crippen LogP contribution in [0.15, 0.2) is 77.7 Å². The van der Waals surface area contributed by atoms with Gasteiger partial charge >= 0.3 is 0 Å². The van der Waals surface area contributed by atoms with E-state index in [-0.39, 0.29) is 9.74 Å². The smallest absolute Gasteiger partial charge is 0.285 e. The molecule has 0 saturated carbocycles. The molecule has 3 aromatic carbocycles. The average molecular weight is 537 g/mol. The van der Waals surface area contributed by atoms with E-state index < -0.39 is 11.8 Å². The highest BCUT2D eigenvalue weighted by atomic mass is 35.5. The molecule has 0 bridgehead atoms. The first-order chi connectivity index (χ1) is 17.1. The molecule has 1 fully saturated rings. The third-order valence-corrected chi connectivity index (χ3v) is 7.09. The van der Waals surface area contributed by atoms with Crippen LogP contribution in [-0.2, 0) is 16.8 Å². The Balaban J connectivity index is 1.46. The number of carbonyl (C=O) groups excluding carboxylic acids is 2. The maximum atomic E-state index is 13.0. The summed E-state index contributed by atoms with van der Waals surface area (Å²) in [6.07, 6.45) is 1.73. The van der Waals surface area contributed by atoms with Gasteiger partial charge in [0.2, 0.25) is 0 Å². The summed E-state index contributed by atoms with van der Waals surface area (Å²) < 4.78 is 6.33. The molecule has 0 aliphatic carbocycles. The summed E-state index contributed by atoms with van der Waals surface area (Å²) in [5.41, 5.74) is 6.09. The standard InChI is InChI=1S/C28H25ClN2O3S2/c1-28(2,3)21-12-8-18(9-13-21)17-34-23-7-5-4-6-20(23)16-24-26(33)31(27(35)36-24)30-25(32)19-10-14-22(29)15-11-19/h4-16H,17H2,1-3H3,(H,30,32)/b24-16+. The Labute approximate surface area is 225 Å². The molecule has 4 rings (SSSR count). The third kappa shape index (κ3) is 6.16. The molecule has 0 spiro atoms. The van der Waals surface area contributed by atoms with Crippen molar-refractivity contribution in [1.82, 2.24) is 10.4 Å². The van der Waals surface area contributed by atoms with Gasteiger partial charge in [0.05, 0.1) is 4.91 Å². The zero-order chi connectivity index (χ0) is 25.9. The van der Waals surface area contributed by atoms with Crippen LogP contribution >= 0.6 is 35.6 Å². The molecule has 1 heterocycles. The van der Waals surface area contributed by atoms with Crippen LogP contribution in [0.1, 0.15) is 47.8 Å². The lowest BCUT2D eigenvalue weighted by molar-refractivity contribution is -0.123. The minimum atomic E-state index is -0.453. The molecule has 2 amide bonds. The number of thiocarbonyl (C=S) groups is 1. The first-order valence-corrected chi connectivity index (χ1v) is 12.9. The van der Waals surface area contributed by atoms with E-state index in [2.05, 4.69) is 50.5 Å². The second kappa shape index (κ2) is 10.9. The number of halogens is 1. The lowest BCUT2D eigenvalue weighted by Gasteiger charge is -2.19. The van der Waals surface area contributed by atoms with E-state index in [1.54, 1.807) is 30.3 Å². The van der Waals surface area contributed by atoms with Crippen molar-refractivity contribution in [2.45, 2.75) is 32.8 Å². The number of hydrazine groups is 1. The summed E-state index contributed by atoms with van der Waals surface area (Å²) in [6.45, 7) is 6.94. The number of nitrogens with zero attached hydrogens (tertiary/aromatic N) is 1. The van der Waals surface area contributed by atoms with Gasteiger partial charge in [0.15, 0.2) is 4.32 Å². The molecule has 0 unspecified atom stereocenters. The van der Waals surface area contributed by atoms with Crippen LogP contribution in [0.3, 0.4) is 0 Å². The summed E-state index contributed by atoms with van der Waals surface area (Å²) in [5, 5.41) is 1.60. The molecule has 1 N–H and O–H groups in total. The van der Waals surface area contributed by atoms with Gasteiger partial charge in [-0.25, -0.2) is 0 Å². The largest absolute Gasteiger partial charge is 0.488 e. The predicted molar refractivity (Wildman–Crippen MR) is 150 cm³/mol. The average Bonchev–Trinajstić information content (AvgIpc) is 3.11. The van der Waals surface area contributed by atoms with Crippen molar-refractivity contribution in [2.75, 3.05) is 0 Å². The number of para-hydroxylation sites is 1. The molecular weight excluding hydrogens is 512 g/mol. The number of carbonyl (C=O) groups is 2. The molecule has 1 saturated heterocycles. The van der Waals surface area contributed by atoms with Gasteiger partial charge in [-0.3, -0.25) is 15.0 Å². The number of thioether (sulfide) groups is 1. The molecule has 1 aliphatic rings. The highest BCUT2D eigenvalue weighted by Crippen LogP contribution is 2.33. The monoisotopic (exact) mass is 536 g/mol. The van der Waals surface area contributed by atoms with Crippen LogP contribution in [-0.4, -0.2) is 21.1 Å². The van der Waals surface area contributed by atoms with E-state index in [1.165, 1.54) is 5.56 Å². The fourth-order valence-corrected chi connectivity index (χ4v) is 4.76. The molecular formula is C28H25ClN2O3S2. The number of benzene rings is 3. The van der Waals surface area contributed by atoms with Crippen LogP contribution in [0.5, 0.6) is 5.75 Å². The maximum absolute atomic E-state index is 13.0. The minimum Gasteiger partial charge on any atom is -0.488 e. The SMILES string of the molecule is CC(C)(C)c1ccc(COc2ccccc2/C=C2/SC(=S)N(NC(=O)c3ccc(Cl)cc3)C2=O)cc1. The van der Waals surface area contributed by atoms with Crippen molar-refractivity contribution >= 4 is 57.8 Å². The fourth-order valence-electron chi connectivity index (χ4n) is 3.47. The third-order valence-electron chi connectivity index (χ3n) is 5.53. The molecule has 36 heavy (non-hydrogen) atoms. The summed E-state index contributed by atoms with van der Waals surface area (Å²) in [5.74, 6) is -0.210. The highest BCUT2D eigenvalue weighted by Gasteiger charge is 2.34. The minimum absolute atomic E-state index is 0.0897. The fraction of sp³-hybridized carbons (Fsp3) is 0.179. The van der Waals surface area contributed by atoms with Crippen LogP contribution in [0.4, 0.5) is 0 Å². The molecule has 0 atom stereocenters. The Kier molecular flexibility index (Phi) is 7.83. The van der Waals surface area contributed by atoms with Crippen molar-refractivity contribution in [3.8, 4) is 5.75 Å². The van der Waals surface area contributed by atoms with Gasteiger partial charge in [-0.05, 0) is 65.2 Å². The van der Waals surface area contributed by atoms with Gasteiger partial charge < -0.3 is 4.74 Å². The molecule has 5 nitrogen and oxygen atoms in total. The van der Waals surface area contributed by atoms with Crippen LogP contribution in [0.2, 0.25) is 5.02 Å². The summed E-state index contributed by atoms with van der Waals surface area (Å²) in [7, 11) is 0. The van der Waals surface area contributed by atoms with Gasteiger partial charge in [-0.2, -0.15) is 5.01 Å². The van der Waals surface area contributed by atoms with Gasteiger partial charge in [0, 0.05) is 16.1 Å². The number of ether oxygens (including phenoxy) is 1. The quantitative estimate of drug-likeness (QED) is 0.278. The lowest BCUT2D eigenvalue weighted by Crippen LogP contribution is -2.44. The first-order valence-electron chi connectivity index (χ1n) is 11.3. The molecule has 3 aromatic rings. The summed E-state index contributed by atoms with van der Waals surface area (Å²) in [4.78, 5) is 26.0. The van der Waals surface area contributed by atoms with E-state index in [9.17, 15) is 9.59 Å². The van der Waals surface area contributed by atoms with Gasteiger partial charge in [0.25, 0.3) is 11.8 Å². The number of hydrogen-bond acceptors (Lipinski definition) is 5. The van der Waals surface area contributed by atoms with Crippen molar-refractivity contribution in [3.63, 3.8) is 0 Å². The molecule has 184 valence electrons. The Morgan fingerprint density at radius 3 is 2.39 bits per heavy atom. The first kappa shape index (κ1) is 25.9. The molecule has 0 radical (unpaired) electrons. The van der Waals surface area contributed by atoms with E-state index >= 15 is 0 Å². The van der Waals surface area contributed by atoms with Crippen molar-refractivity contribution in [2.24, 2.45) is 0 Å². The van der Waals surface area contributed by atoms with Gasteiger partial charge in [-0.1, -0.05) is 86.6 Å². The second-order valence-corrected chi connectivity index (χ2v) is 11.4. The predicted octanol–water partition coefficient (Wildman–Crippen LogP) is 6.76. The van der Waals surface area contributed by atoms with Crippen molar-refractivity contribution in [3.05, 3.63) is 105 Å². The second-order valence-electron chi connectivity index (χ2n) is 9.24. The number of amides is 2. The topological polar surface area (TPSA) is 58.6 Å². The zero-order valence-corrected chi connectivity index (χ0v) is 22.5. The maximum Gasteiger partial charge on any atom is 0.285 e. The number of rotatable bonds is 6. The molecule has 8 heteroatoms. The summed E-state index contributed by atoms with van der Waals surface area (Å²) in [6, 6.07) is 22.2. The number of nitrogens with one attached hydrogen (secondary N) is 1. The zero-order valence-electron chi connectivity index (χ0n) is 20.1. The van der Waals surface area contributed by atoms with E-state index in [4.69, 9.17) is 28.6 Å². The van der Waals surface area contributed by atoms with Gasteiger partial charge in [-0.15, -0.1) is 0 Å². The Hall–Kier alpha value is -3.13. The highest BCUT2D eigenvalue weighted by molar-refractivity contribution is 8.26. The Bertz CT molecular complexity index is 1330. The van der Waals surface area contributed by atoms with E-state index in [0.717, 1.165) is 27.9 Å². The molecule has 0 aromatic heterocycles. The normalized spacial score (nSPS) is 14.9. The number of hydrogen-bond donors (Lipinski definition) is 1. The molecule has 1 aliphatic heterocycles. The van der Waals surface area contributed by atoms with E-state index in [0.29, 0.717) is 27.8 Å². The summed E-state index contributed by atoms with van der Waals surface area (Å²) >= 11 is 12.3. The van der Waals surface area contributed by atoms with Crippen LogP contribution in [0.25, 0.3) is 6.08 Å².